The molecule has 1 aromatic carbocycles. The first kappa shape index (κ1) is 20.1. The number of para-hydroxylation sites is 2. The summed E-state index contributed by atoms with van der Waals surface area (Å²) in [6.45, 7) is 4.69. The van der Waals surface area contributed by atoms with E-state index in [1.54, 1.807) is 24.8 Å². The summed E-state index contributed by atoms with van der Waals surface area (Å²) in [7, 11) is 1.94. The molecule has 30 heavy (non-hydrogen) atoms. The van der Waals surface area contributed by atoms with Gasteiger partial charge in [0.15, 0.2) is 17.5 Å². The van der Waals surface area contributed by atoms with Crippen molar-refractivity contribution in [3.8, 4) is 0 Å². The number of anilines is 3. The average molecular weight is 427 g/mol. The van der Waals surface area contributed by atoms with Crippen molar-refractivity contribution in [1.29, 1.82) is 0 Å². The van der Waals surface area contributed by atoms with E-state index in [-0.39, 0.29) is 17.6 Å². The van der Waals surface area contributed by atoms with Crippen molar-refractivity contribution in [3.63, 3.8) is 0 Å². The number of thioether (sulfide) groups is 1. The van der Waals surface area contributed by atoms with Crippen LogP contribution in [0.15, 0.2) is 34.9 Å². The maximum Gasteiger partial charge on any atom is 0.238 e. The van der Waals surface area contributed by atoms with Gasteiger partial charge in [-0.2, -0.15) is 0 Å². The van der Waals surface area contributed by atoms with E-state index in [1.165, 1.54) is 11.8 Å². The molecule has 0 aliphatic carbocycles. The van der Waals surface area contributed by atoms with Gasteiger partial charge in [0.2, 0.25) is 11.8 Å². The number of nitrogens with zero attached hydrogens (tertiary/aromatic N) is 5. The second-order valence-electron chi connectivity index (χ2n) is 7.09. The third kappa shape index (κ3) is 4.09. The number of nitrogens with one attached hydrogen (secondary N) is 1. The van der Waals surface area contributed by atoms with Crippen LogP contribution in [0.3, 0.4) is 0 Å². The van der Waals surface area contributed by atoms with E-state index in [2.05, 4.69) is 20.4 Å². The number of likely N-dealkylation sites (N-methyl/N-ethyl adjacent to an activating group) is 1. The molecule has 1 aliphatic heterocycles. The van der Waals surface area contributed by atoms with Gasteiger partial charge in [-0.25, -0.2) is 9.97 Å². The second-order valence-corrected chi connectivity index (χ2v) is 8.42. The standard InChI is InChI=1S/C20H22N6O3S/c1-12-10-16(24-29-12)23-20(28)13(2)30-11-17(27)26-9-8-25(3)18-19(26)22-15-7-5-4-6-14(15)21-18/h4-7,10,13H,8-9,11H2,1-3H3,(H,23,24,28). The van der Waals surface area contributed by atoms with Gasteiger partial charge >= 0.3 is 0 Å². The first-order valence-corrected chi connectivity index (χ1v) is 10.6. The Balaban J connectivity index is 1.44. The Morgan fingerprint density at radius 3 is 2.57 bits per heavy atom. The minimum atomic E-state index is -0.430. The topological polar surface area (TPSA) is 104 Å². The van der Waals surface area contributed by atoms with Crippen molar-refractivity contribution >= 4 is 52.1 Å². The third-order valence-corrected chi connectivity index (χ3v) is 5.94. The Kier molecular flexibility index (Phi) is 5.58. The summed E-state index contributed by atoms with van der Waals surface area (Å²) >= 11 is 1.27. The number of rotatable bonds is 5. The Morgan fingerprint density at radius 2 is 1.90 bits per heavy atom. The summed E-state index contributed by atoms with van der Waals surface area (Å²) in [6, 6.07) is 9.24. The third-order valence-electron chi connectivity index (χ3n) is 4.82. The van der Waals surface area contributed by atoms with Gasteiger partial charge in [-0.15, -0.1) is 11.8 Å². The van der Waals surface area contributed by atoms with Crippen molar-refractivity contribution in [2.75, 3.05) is 41.0 Å². The molecule has 0 fully saturated rings. The lowest BCUT2D eigenvalue weighted by molar-refractivity contribution is -0.116. The van der Waals surface area contributed by atoms with Gasteiger partial charge in [0.25, 0.3) is 0 Å². The molecule has 10 heteroatoms. The summed E-state index contributed by atoms with van der Waals surface area (Å²) in [5.74, 6) is 2.05. The van der Waals surface area contributed by atoms with Gasteiger partial charge in [-0.05, 0) is 26.0 Å². The van der Waals surface area contributed by atoms with E-state index < -0.39 is 5.25 Å². The Bertz CT molecular complexity index is 1100. The molecule has 1 N–H and O–H groups in total. The molecular weight excluding hydrogens is 404 g/mol. The fraction of sp³-hybridized carbons (Fsp3) is 0.350. The van der Waals surface area contributed by atoms with Crippen LogP contribution in [-0.4, -0.2) is 58.1 Å². The van der Waals surface area contributed by atoms with Crippen LogP contribution in [-0.2, 0) is 9.59 Å². The summed E-state index contributed by atoms with van der Waals surface area (Å²) in [5, 5.41) is 6.01. The molecule has 0 saturated carbocycles. The van der Waals surface area contributed by atoms with Gasteiger partial charge < -0.3 is 14.7 Å². The lowest BCUT2D eigenvalue weighted by atomic mass is 10.2. The predicted molar refractivity (Wildman–Crippen MR) is 117 cm³/mol. The van der Waals surface area contributed by atoms with Gasteiger partial charge in [0.1, 0.15) is 5.76 Å². The van der Waals surface area contributed by atoms with Crippen molar-refractivity contribution < 1.29 is 14.1 Å². The van der Waals surface area contributed by atoms with E-state index in [9.17, 15) is 9.59 Å². The van der Waals surface area contributed by atoms with Gasteiger partial charge in [-0.3, -0.25) is 14.5 Å². The number of amides is 2. The quantitative estimate of drug-likeness (QED) is 0.663. The number of aromatic nitrogens is 3. The smallest absolute Gasteiger partial charge is 0.238 e. The van der Waals surface area contributed by atoms with E-state index >= 15 is 0 Å². The van der Waals surface area contributed by atoms with Crippen LogP contribution >= 0.6 is 11.8 Å². The molecule has 2 amide bonds. The molecule has 2 aromatic heterocycles. The number of hydrogen-bond acceptors (Lipinski definition) is 8. The molecule has 0 radical (unpaired) electrons. The molecule has 0 saturated heterocycles. The average Bonchev–Trinajstić information content (AvgIpc) is 3.15. The zero-order valence-electron chi connectivity index (χ0n) is 17.0. The van der Waals surface area contributed by atoms with E-state index in [1.807, 2.05) is 36.2 Å². The van der Waals surface area contributed by atoms with Crippen molar-refractivity contribution in [1.82, 2.24) is 15.1 Å². The van der Waals surface area contributed by atoms with Gasteiger partial charge in [0, 0.05) is 26.2 Å². The van der Waals surface area contributed by atoms with Gasteiger partial charge in [0.05, 0.1) is 22.0 Å². The molecule has 3 aromatic rings. The minimum absolute atomic E-state index is 0.101. The summed E-state index contributed by atoms with van der Waals surface area (Å²) in [4.78, 5) is 38.3. The summed E-state index contributed by atoms with van der Waals surface area (Å²) in [5.41, 5.74) is 1.54. The van der Waals surface area contributed by atoms with E-state index in [0.717, 1.165) is 11.0 Å². The van der Waals surface area contributed by atoms with Crippen LogP contribution in [0.1, 0.15) is 12.7 Å². The molecule has 156 valence electrons. The second kappa shape index (κ2) is 8.31. The Hall–Kier alpha value is -3.14. The highest BCUT2D eigenvalue weighted by Gasteiger charge is 2.29. The van der Waals surface area contributed by atoms with Crippen LogP contribution in [0.2, 0.25) is 0 Å². The SMILES string of the molecule is Cc1cc(NC(=O)C(C)SCC(=O)N2CCN(C)c3nc4ccccc4nc32)no1. The summed E-state index contributed by atoms with van der Waals surface area (Å²) in [6.07, 6.45) is 0. The number of carbonyl (C=O) groups excluding carboxylic acids is 2. The lowest BCUT2D eigenvalue weighted by Crippen LogP contribution is -2.44. The number of hydrogen-bond donors (Lipinski definition) is 1. The Morgan fingerprint density at radius 1 is 1.20 bits per heavy atom. The fourth-order valence-corrected chi connectivity index (χ4v) is 3.88. The first-order chi connectivity index (χ1) is 14.4. The zero-order valence-corrected chi connectivity index (χ0v) is 17.8. The zero-order chi connectivity index (χ0) is 21.3. The fourth-order valence-electron chi connectivity index (χ4n) is 3.13. The van der Waals surface area contributed by atoms with E-state index in [4.69, 9.17) is 4.52 Å². The summed E-state index contributed by atoms with van der Waals surface area (Å²) < 4.78 is 4.95. The molecule has 0 bridgehead atoms. The molecular formula is C20H22N6O3S. The first-order valence-electron chi connectivity index (χ1n) is 9.56. The maximum absolute atomic E-state index is 13.0. The van der Waals surface area contributed by atoms with Crippen LogP contribution < -0.4 is 15.1 Å². The largest absolute Gasteiger partial charge is 0.360 e. The molecule has 1 aliphatic rings. The van der Waals surface area contributed by atoms with Crippen LogP contribution in [0.5, 0.6) is 0 Å². The number of fused-ring (bicyclic) bond motifs is 2. The van der Waals surface area contributed by atoms with Crippen LogP contribution in [0.4, 0.5) is 17.5 Å². The van der Waals surface area contributed by atoms with Crippen LogP contribution in [0.25, 0.3) is 11.0 Å². The van der Waals surface area contributed by atoms with Crippen molar-refractivity contribution in [2.24, 2.45) is 0 Å². The highest BCUT2D eigenvalue weighted by Crippen LogP contribution is 2.31. The van der Waals surface area contributed by atoms with Crippen LogP contribution in [0, 0.1) is 6.92 Å². The number of benzene rings is 1. The molecule has 1 atom stereocenters. The minimum Gasteiger partial charge on any atom is -0.360 e. The molecule has 1 unspecified atom stereocenters. The number of aryl methyl sites for hydroxylation is 1. The molecule has 4 rings (SSSR count). The highest BCUT2D eigenvalue weighted by molar-refractivity contribution is 8.01. The molecule has 9 nitrogen and oxygen atoms in total. The monoisotopic (exact) mass is 426 g/mol. The normalized spacial score (nSPS) is 14.5. The van der Waals surface area contributed by atoms with Crippen molar-refractivity contribution in [3.05, 3.63) is 36.1 Å². The molecule has 0 spiro atoms. The van der Waals surface area contributed by atoms with Gasteiger partial charge in [-0.1, -0.05) is 17.3 Å². The van der Waals surface area contributed by atoms with E-state index in [0.29, 0.717) is 36.3 Å². The Labute approximate surface area is 177 Å². The molecule has 3 heterocycles. The number of carbonyl (C=O) groups is 2. The lowest BCUT2D eigenvalue weighted by Gasteiger charge is -2.33. The predicted octanol–water partition coefficient (Wildman–Crippen LogP) is 2.47. The van der Waals surface area contributed by atoms with Crippen molar-refractivity contribution in [2.45, 2.75) is 19.1 Å². The highest BCUT2D eigenvalue weighted by atomic mass is 32.2. The maximum atomic E-state index is 13.0.